The predicted octanol–water partition coefficient (Wildman–Crippen LogP) is 3.44. The summed E-state index contributed by atoms with van der Waals surface area (Å²) in [7, 11) is 0. The zero-order valence-corrected chi connectivity index (χ0v) is 12.4. The molecular formula is C18H17NO4. The lowest BCUT2D eigenvalue weighted by Crippen LogP contribution is -2.27. The molecule has 0 atom stereocenters. The number of hydrogen-bond acceptors (Lipinski definition) is 3. The van der Waals surface area contributed by atoms with E-state index in [9.17, 15) is 14.8 Å². The van der Waals surface area contributed by atoms with Crippen LogP contribution in [0.1, 0.15) is 24.0 Å². The molecule has 0 aliphatic carbocycles. The van der Waals surface area contributed by atoms with Crippen LogP contribution in [0.3, 0.4) is 0 Å². The Kier molecular flexibility index (Phi) is 5.66. The molecule has 5 heteroatoms. The summed E-state index contributed by atoms with van der Waals surface area (Å²) in [6.07, 6.45) is 3.33. The van der Waals surface area contributed by atoms with Gasteiger partial charge in [-0.3, -0.25) is 14.8 Å². The molecule has 2 N–H and O–H groups in total. The van der Waals surface area contributed by atoms with Crippen molar-refractivity contribution >= 4 is 29.7 Å². The van der Waals surface area contributed by atoms with E-state index >= 15 is 0 Å². The van der Waals surface area contributed by atoms with Gasteiger partial charge in [0.15, 0.2) is 0 Å². The number of carboxylic acids is 1. The topological polar surface area (TPSA) is 77.8 Å². The molecule has 23 heavy (non-hydrogen) atoms. The standard InChI is InChI=1S/C18H17NO4/c20-17(12-13-18(21)22)19(23)16-10-8-15(9-11-16)7-6-14-4-2-1-3-5-14/h1-11,23H,12-13H2,(H,21,22)/b7-6+. The van der Waals surface area contributed by atoms with E-state index in [4.69, 9.17) is 5.11 Å². The predicted molar refractivity (Wildman–Crippen MR) is 88.0 cm³/mol. The van der Waals surface area contributed by atoms with Gasteiger partial charge in [-0.05, 0) is 23.3 Å². The summed E-state index contributed by atoms with van der Waals surface area (Å²) in [5, 5.41) is 18.8. The molecule has 2 rings (SSSR count). The van der Waals surface area contributed by atoms with Crippen molar-refractivity contribution in [2.24, 2.45) is 0 Å². The molecule has 0 radical (unpaired) electrons. The number of nitrogens with zero attached hydrogens (tertiary/aromatic N) is 1. The monoisotopic (exact) mass is 311 g/mol. The number of hydrogen-bond donors (Lipinski definition) is 2. The lowest BCUT2D eigenvalue weighted by molar-refractivity contribution is -0.139. The average Bonchev–Trinajstić information content (AvgIpc) is 2.58. The van der Waals surface area contributed by atoms with Gasteiger partial charge >= 0.3 is 5.97 Å². The summed E-state index contributed by atoms with van der Waals surface area (Å²) in [4.78, 5) is 22.1. The average molecular weight is 311 g/mol. The number of amides is 1. The molecule has 0 spiro atoms. The largest absolute Gasteiger partial charge is 0.481 e. The maximum Gasteiger partial charge on any atom is 0.303 e. The Morgan fingerprint density at radius 1 is 0.870 bits per heavy atom. The fraction of sp³-hybridized carbons (Fsp3) is 0.111. The highest BCUT2D eigenvalue weighted by Gasteiger charge is 2.14. The van der Waals surface area contributed by atoms with E-state index in [1.54, 1.807) is 24.3 Å². The van der Waals surface area contributed by atoms with Crippen LogP contribution in [-0.2, 0) is 9.59 Å². The fourth-order valence-corrected chi connectivity index (χ4v) is 1.95. The number of carboxylic acid groups (broad SMARTS) is 1. The van der Waals surface area contributed by atoms with Crippen LogP contribution >= 0.6 is 0 Å². The van der Waals surface area contributed by atoms with E-state index in [2.05, 4.69) is 0 Å². The second kappa shape index (κ2) is 7.91. The van der Waals surface area contributed by atoms with Gasteiger partial charge in [-0.1, -0.05) is 54.6 Å². The second-order valence-corrected chi connectivity index (χ2v) is 4.93. The van der Waals surface area contributed by atoms with Gasteiger partial charge in [0.2, 0.25) is 0 Å². The normalized spacial score (nSPS) is 10.7. The van der Waals surface area contributed by atoms with E-state index in [-0.39, 0.29) is 12.8 Å². The minimum Gasteiger partial charge on any atom is -0.481 e. The molecule has 0 fully saturated rings. The Balaban J connectivity index is 2.00. The third-order valence-corrected chi connectivity index (χ3v) is 3.19. The molecule has 0 unspecified atom stereocenters. The van der Waals surface area contributed by atoms with Crippen molar-refractivity contribution in [2.45, 2.75) is 12.8 Å². The summed E-state index contributed by atoms with van der Waals surface area (Å²) < 4.78 is 0. The number of benzene rings is 2. The maximum absolute atomic E-state index is 11.6. The quantitative estimate of drug-likeness (QED) is 0.486. The number of hydroxylamine groups is 1. The van der Waals surface area contributed by atoms with Crippen molar-refractivity contribution in [1.82, 2.24) is 0 Å². The maximum atomic E-state index is 11.6. The van der Waals surface area contributed by atoms with Crippen LogP contribution in [0.4, 0.5) is 5.69 Å². The van der Waals surface area contributed by atoms with E-state index < -0.39 is 11.9 Å². The molecule has 0 bridgehead atoms. The van der Waals surface area contributed by atoms with E-state index in [0.717, 1.165) is 11.1 Å². The summed E-state index contributed by atoms with van der Waals surface area (Å²) >= 11 is 0. The Hall–Kier alpha value is -2.92. The van der Waals surface area contributed by atoms with Crippen molar-refractivity contribution in [3.8, 4) is 0 Å². The zero-order chi connectivity index (χ0) is 16.7. The van der Waals surface area contributed by atoms with Crippen LogP contribution in [0, 0.1) is 0 Å². The Labute approximate surface area is 134 Å². The fourth-order valence-electron chi connectivity index (χ4n) is 1.95. The SMILES string of the molecule is O=C(O)CCC(=O)N(O)c1ccc(/C=C/c2ccccc2)cc1. The summed E-state index contributed by atoms with van der Waals surface area (Å²) in [5.74, 6) is -1.73. The summed E-state index contributed by atoms with van der Waals surface area (Å²) in [5.41, 5.74) is 2.30. The highest BCUT2D eigenvalue weighted by Crippen LogP contribution is 2.16. The van der Waals surface area contributed by atoms with Crippen molar-refractivity contribution in [2.75, 3.05) is 5.06 Å². The first-order valence-corrected chi connectivity index (χ1v) is 7.13. The lowest BCUT2D eigenvalue weighted by Gasteiger charge is -2.14. The van der Waals surface area contributed by atoms with Gasteiger partial charge < -0.3 is 5.11 Å². The number of rotatable bonds is 6. The van der Waals surface area contributed by atoms with E-state index in [1.165, 1.54) is 0 Å². The minimum absolute atomic E-state index is 0.249. The van der Waals surface area contributed by atoms with Gasteiger partial charge in [0.05, 0.1) is 12.1 Å². The highest BCUT2D eigenvalue weighted by atomic mass is 16.5. The second-order valence-electron chi connectivity index (χ2n) is 4.93. The van der Waals surface area contributed by atoms with Crippen LogP contribution in [0.2, 0.25) is 0 Å². The smallest absolute Gasteiger partial charge is 0.303 e. The third-order valence-electron chi connectivity index (χ3n) is 3.19. The molecular weight excluding hydrogens is 294 g/mol. The minimum atomic E-state index is -1.08. The zero-order valence-electron chi connectivity index (χ0n) is 12.4. The molecule has 0 aliphatic rings. The molecule has 2 aromatic rings. The first-order chi connectivity index (χ1) is 11.1. The Morgan fingerprint density at radius 2 is 1.43 bits per heavy atom. The van der Waals surface area contributed by atoms with Crippen LogP contribution < -0.4 is 5.06 Å². The van der Waals surface area contributed by atoms with Crippen LogP contribution in [0.25, 0.3) is 12.2 Å². The molecule has 5 nitrogen and oxygen atoms in total. The van der Waals surface area contributed by atoms with Crippen LogP contribution in [0.5, 0.6) is 0 Å². The van der Waals surface area contributed by atoms with Crippen LogP contribution in [0.15, 0.2) is 54.6 Å². The first-order valence-electron chi connectivity index (χ1n) is 7.13. The molecule has 118 valence electrons. The van der Waals surface area contributed by atoms with Gasteiger partial charge in [-0.2, -0.15) is 5.06 Å². The summed E-state index contributed by atoms with van der Waals surface area (Å²) in [6.45, 7) is 0. The van der Waals surface area contributed by atoms with Gasteiger partial charge in [-0.15, -0.1) is 0 Å². The van der Waals surface area contributed by atoms with Crippen LogP contribution in [-0.4, -0.2) is 22.2 Å². The van der Waals surface area contributed by atoms with Gasteiger partial charge in [-0.25, -0.2) is 0 Å². The molecule has 0 saturated carbocycles. The van der Waals surface area contributed by atoms with Crippen molar-refractivity contribution < 1.29 is 19.9 Å². The number of carbonyl (C=O) groups excluding carboxylic acids is 1. The Bertz CT molecular complexity index is 693. The molecule has 1 amide bonds. The molecule has 2 aromatic carbocycles. The number of carbonyl (C=O) groups is 2. The van der Waals surface area contributed by atoms with Crippen molar-refractivity contribution in [3.05, 3.63) is 65.7 Å². The van der Waals surface area contributed by atoms with Crippen molar-refractivity contribution in [3.63, 3.8) is 0 Å². The molecule has 0 aliphatic heterocycles. The summed E-state index contributed by atoms with van der Waals surface area (Å²) in [6, 6.07) is 16.6. The number of aliphatic carboxylic acids is 1. The molecule has 0 saturated heterocycles. The van der Waals surface area contributed by atoms with E-state index in [0.29, 0.717) is 10.8 Å². The third kappa shape index (κ3) is 5.09. The van der Waals surface area contributed by atoms with E-state index in [1.807, 2.05) is 42.5 Å². The first kappa shape index (κ1) is 16.5. The highest BCUT2D eigenvalue weighted by molar-refractivity contribution is 5.92. The Morgan fingerprint density at radius 3 is 2.00 bits per heavy atom. The van der Waals surface area contributed by atoms with Gasteiger partial charge in [0.25, 0.3) is 5.91 Å². The number of anilines is 1. The van der Waals surface area contributed by atoms with Gasteiger partial charge in [0, 0.05) is 6.42 Å². The molecule has 0 heterocycles. The lowest BCUT2D eigenvalue weighted by atomic mass is 10.1. The van der Waals surface area contributed by atoms with Gasteiger partial charge in [0.1, 0.15) is 0 Å². The van der Waals surface area contributed by atoms with Crippen molar-refractivity contribution in [1.29, 1.82) is 0 Å². The molecule has 0 aromatic heterocycles.